The van der Waals surface area contributed by atoms with Crippen molar-refractivity contribution in [1.82, 2.24) is 19.4 Å². The van der Waals surface area contributed by atoms with E-state index in [1.807, 2.05) is 0 Å². The van der Waals surface area contributed by atoms with Crippen LogP contribution in [0.15, 0.2) is 58.2 Å². The van der Waals surface area contributed by atoms with Crippen molar-refractivity contribution in [2.75, 3.05) is 0 Å². The third-order valence-corrected chi connectivity index (χ3v) is 8.00. The molecule has 9 heteroatoms. The molecule has 148 valence electrons. The number of carbonyl (C=O) groups is 1. The number of nitrogens with zero attached hydrogens (tertiary/aromatic N) is 4. The number of aromatic nitrogens is 4. The lowest BCUT2D eigenvalue weighted by Gasteiger charge is -2.06. The fourth-order valence-electron chi connectivity index (χ4n) is 3.07. The lowest BCUT2D eigenvalue weighted by atomic mass is 10.0. The van der Waals surface area contributed by atoms with Crippen molar-refractivity contribution in [2.45, 2.75) is 35.8 Å². The Labute approximate surface area is 172 Å². The SMILES string of the molecule is Cc1nc(C)c(S(=O)(=O)c2ccc(CCC(=O)c3cnc4nccn4c3)cc2)s1. The van der Waals surface area contributed by atoms with E-state index >= 15 is 0 Å². The second kappa shape index (κ2) is 7.49. The predicted molar refractivity (Wildman–Crippen MR) is 109 cm³/mol. The molecule has 0 saturated heterocycles. The molecule has 0 aliphatic rings. The van der Waals surface area contributed by atoms with Gasteiger partial charge in [0.05, 0.1) is 21.2 Å². The summed E-state index contributed by atoms with van der Waals surface area (Å²) in [5, 5.41) is 0.722. The summed E-state index contributed by atoms with van der Waals surface area (Å²) in [5.41, 5.74) is 1.93. The molecular weight excluding hydrogens is 408 g/mol. The van der Waals surface area contributed by atoms with Gasteiger partial charge < -0.3 is 0 Å². The topological polar surface area (TPSA) is 94.3 Å². The third kappa shape index (κ3) is 3.83. The molecular formula is C20H18N4O3S2. The summed E-state index contributed by atoms with van der Waals surface area (Å²) in [4.78, 5) is 25.1. The normalized spacial score (nSPS) is 11.8. The van der Waals surface area contributed by atoms with E-state index in [2.05, 4.69) is 15.0 Å². The molecule has 0 unspecified atom stereocenters. The van der Waals surface area contributed by atoms with Crippen molar-refractivity contribution >= 4 is 32.7 Å². The highest BCUT2D eigenvalue weighted by molar-refractivity contribution is 7.93. The first-order valence-corrected chi connectivity index (χ1v) is 11.2. The summed E-state index contributed by atoms with van der Waals surface area (Å²) < 4.78 is 27.6. The van der Waals surface area contributed by atoms with Crippen LogP contribution in [-0.2, 0) is 16.3 Å². The van der Waals surface area contributed by atoms with E-state index in [1.165, 1.54) is 17.5 Å². The molecule has 3 heterocycles. The molecule has 0 bridgehead atoms. The van der Waals surface area contributed by atoms with Gasteiger partial charge in [0.2, 0.25) is 15.6 Å². The van der Waals surface area contributed by atoms with Crippen LogP contribution in [0.1, 0.15) is 33.0 Å². The van der Waals surface area contributed by atoms with Gasteiger partial charge in [-0.25, -0.2) is 23.4 Å². The number of sulfone groups is 1. The van der Waals surface area contributed by atoms with Gasteiger partial charge in [-0.15, -0.1) is 11.3 Å². The number of benzene rings is 1. The highest BCUT2D eigenvalue weighted by atomic mass is 32.2. The minimum atomic E-state index is -3.58. The minimum absolute atomic E-state index is 0.0273. The number of aryl methyl sites for hydroxylation is 3. The average molecular weight is 427 g/mol. The monoisotopic (exact) mass is 426 g/mol. The zero-order valence-corrected chi connectivity index (χ0v) is 17.5. The van der Waals surface area contributed by atoms with Gasteiger partial charge in [-0.05, 0) is 38.0 Å². The van der Waals surface area contributed by atoms with Crippen molar-refractivity contribution in [3.8, 4) is 0 Å². The molecule has 0 atom stereocenters. The summed E-state index contributed by atoms with van der Waals surface area (Å²) in [6, 6.07) is 6.67. The van der Waals surface area contributed by atoms with Crippen molar-refractivity contribution < 1.29 is 13.2 Å². The second-order valence-electron chi connectivity index (χ2n) is 6.65. The molecule has 0 amide bonds. The Kier molecular flexibility index (Phi) is 5.01. The Morgan fingerprint density at radius 3 is 2.59 bits per heavy atom. The van der Waals surface area contributed by atoms with Gasteiger partial charge in [-0.1, -0.05) is 12.1 Å². The predicted octanol–water partition coefficient (Wildman–Crippen LogP) is 3.45. The fourth-order valence-corrected chi connectivity index (χ4v) is 5.94. The van der Waals surface area contributed by atoms with Gasteiger partial charge >= 0.3 is 0 Å². The largest absolute Gasteiger partial charge is 0.294 e. The van der Waals surface area contributed by atoms with Gasteiger partial charge in [-0.3, -0.25) is 9.20 Å². The Balaban J connectivity index is 1.46. The maximum absolute atomic E-state index is 12.8. The van der Waals surface area contributed by atoms with Crippen LogP contribution < -0.4 is 0 Å². The van der Waals surface area contributed by atoms with E-state index in [1.54, 1.807) is 61.1 Å². The summed E-state index contributed by atoms with van der Waals surface area (Å²) >= 11 is 1.18. The quantitative estimate of drug-likeness (QED) is 0.438. The van der Waals surface area contributed by atoms with Crippen LogP contribution in [0.25, 0.3) is 5.78 Å². The van der Waals surface area contributed by atoms with Gasteiger partial charge in [0.25, 0.3) is 0 Å². The highest BCUT2D eigenvalue weighted by Crippen LogP contribution is 2.29. The summed E-state index contributed by atoms with van der Waals surface area (Å²) in [7, 11) is -3.58. The first-order chi connectivity index (χ1) is 13.8. The van der Waals surface area contributed by atoms with E-state index in [0.29, 0.717) is 29.9 Å². The van der Waals surface area contributed by atoms with E-state index in [9.17, 15) is 13.2 Å². The van der Waals surface area contributed by atoms with Crippen molar-refractivity contribution in [2.24, 2.45) is 0 Å². The summed E-state index contributed by atoms with van der Waals surface area (Å²) in [5.74, 6) is 0.519. The van der Waals surface area contributed by atoms with E-state index in [0.717, 1.165) is 10.6 Å². The van der Waals surface area contributed by atoms with Crippen LogP contribution in [0.5, 0.6) is 0 Å². The standard InChI is InChI=1S/C20H18N4O3S2/c1-13-19(28-14(2)23-13)29(26,27)17-6-3-15(4-7-17)5-8-18(25)16-11-22-20-21-9-10-24(20)12-16/h3-4,6-7,9-12H,5,8H2,1-2H3. The molecule has 0 N–H and O–H groups in total. The number of imidazole rings is 1. The molecule has 0 aliphatic carbocycles. The van der Waals surface area contributed by atoms with Crippen molar-refractivity contribution in [3.05, 3.63) is 70.9 Å². The molecule has 7 nitrogen and oxygen atoms in total. The summed E-state index contributed by atoms with van der Waals surface area (Å²) in [6.07, 6.45) is 7.43. The van der Waals surface area contributed by atoms with Gasteiger partial charge in [0.15, 0.2) is 5.78 Å². The van der Waals surface area contributed by atoms with Crippen LogP contribution in [0.4, 0.5) is 0 Å². The molecule has 0 aliphatic heterocycles. The van der Waals surface area contributed by atoms with E-state index in [4.69, 9.17) is 0 Å². The van der Waals surface area contributed by atoms with Crippen molar-refractivity contribution in [1.29, 1.82) is 0 Å². The number of hydrogen-bond acceptors (Lipinski definition) is 7. The zero-order chi connectivity index (χ0) is 20.6. The maximum atomic E-state index is 12.8. The lowest BCUT2D eigenvalue weighted by molar-refractivity contribution is 0.0982. The van der Waals surface area contributed by atoms with Gasteiger partial charge in [-0.2, -0.15) is 0 Å². The maximum Gasteiger partial charge on any atom is 0.233 e. The molecule has 0 spiro atoms. The number of ketones is 1. The molecule has 1 aromatic carbocycles. The molecule has 4 rings (SSSR count). The first-order valence-electron chi connectivity index (χ1n) is 8.94. The van der Waals surface area contributed by atoms with Crippen molar-refractivity contribution in [3.63, 3.8) is 0 Å². The second-order valence-corrected chi connectivity index (χ2v) is 10.0. The fraction of sp³-hybridized carbons (Fsp3) is 0.200. The molecule has 29 heavy (non-hydrogen) atoms. The number of hydrogen-bond donors (Lipinski definition) is 0. The average Bonchev–Trinajstić information content (AvgIpc) is 3.31. The lowest BCUT2D eigenvalue weighted by Crippen LogP contribution is -2.05. The van der Waals surface area contributed by atoms with Gasteiger partial charge in [0, 0.05) is 31.2 Å². The number of thiazole rings is 1. The highest BCUT2D eigenvalue weighted by Gasteiger charge is 2.23. The number of rotatable bonds is 6. The summed E-state index contributed by atoms with van der Waals surface area (Å²) in [6.45, 7) is 3.49. The Morgan fingerprint density at radius 2 is 1.90 bits per heavy atom. The molecule has 3 aromatic heterocycles. The Bertz CT molecular complexity index is 1310. The Hall–Kier alpha value is -2.91. The Morgan fingerprint density at radius 1 is 1.14 bits per heavy atom. The van der Waals surface area contributed by atoms with Crippen LogP contribution in [0.3, 0.4) is 0 Å². The third-order valence-electron chi connectivity index (χ3n) is 4.55. The van der Waals surface area contributed by atoms with E-state index in [-0.39, 0.29) is 14.9 Å². The molecule has 4 aromatic rings. The van der Waals surface area contributed by atoms with Crippen LogP contribution in [0.2, 0.25) is 0 Å². The number of carbonyl (C=O) groups excluding carboxylic acids is 1. The van der Waals surface area contributed by atoms with Crippen LogP contribution in [-0.4, -0.2) is 33.6 Å². The van der Waals surface area contributed by atoms with Crippen LogP contribution >= 0.6 is 11.3 Å². The molecule has 0 saturated carbocycles. The number of Topliss-reactive ketones (excluding diaryl/α,β-unsaturated/α-hetero) is 1. The number of fused-ring (bicyclic) bond motifs is 1. The molecule has 0 fully saturated rings. The van der Waals surface area contributed by atoms with E-state index < -0.39 is 9.84 Å². The first kappa shape index (κ1) is 19.4. The van der Waals surface area contributed by atoms with Gasteiger partial charge in [0.1, 0.15) is 4.21 Å². The smallest absolute Gasteiger partial charge is 0.233 e. The molecule has 0 radical (unpaired) electrons. The minimum Gasteiger partial charge on any atom is -0.294 e. The van der Waals surface area contributed by atoms with Crippen LogP contribution in [0, 0.1) is 13.8 Å². The zero-order valence-electron chi connectivity index (χ0n) is 15.9.